The Morgan fingerprint density at radius 2 is 2.00 bits per heavy atom. The molecule has 2 aliphatic rings. The first-order chi connectivity index (χ1) is 9.33. The second kappa shape index (κ2) is 3.88. The summed E-state index contributed by atoms with van der Waals surface area (Å²) in [5.74, 6) is -0.819. The van der Waals surface area contributed by atoms with Crippen molar-refractivity contribution in [3.8, 4) is 0 Å². The van der Waals surface area contributed by atoms with Gasteiger partial charge in [0.05, 0.1) is 11.9 Å². The Bertz CT molecular complexity index is 607. The van der Waals surface area contributed by atoms with Crippen LogP contribution in [-0.4, -0.2) is 23.5 Å². The van der Waals surface area contributed by atoms with Crippen LogP contribution in [0.2, 0.25) is 0 Å². The summed E-state index contributed by atoms with van der Waals surface area (Å²) < 4.78 is 41.7. The van der Waals surface area contributed by atoms with Crippen molar-refractivity contribution in [2.24, 2.45) is 16.1 Å². The standard InChI is InChI=1S/C13H14F3N3O/c14-8-2-1-6(17)3-7(8)13(11(15)16)12(4-9(12)20)5-10(18)19-13/h1-3,9,11,20H,4-5,17H2,(H2,18,19). The first-order valence-corrected chi connectivity index (χ1v) is 6.19. The monoisotopic (exact) mass is 285 g/mol. The number of benzene rings is 1. The van der Waals surface area contributed by atoms with Crippen molar-refractivity contribution >= 4 is 11.5 Å². The Morgan fingerprint density at radius 3 is 2.55 bits per heavy atom. The number of nitrogens with zero attached hydrogens (tertiary/aromatic N) is 1. The number of aliphatic hydroxyl groups is 1. The molecule has 3 unspecified atom stereocenters. The van der Waals surface area contributed by atoms with Crippen molar-refractivity contribution in [1.82, 2.24) is 0 Å². The molecule has 1 aliphatic heterocycles. The van der Waals surface area contributed by atoms with Gasteiger partial charge in [-0.15, -0.1) is 0 Å². The second-order valence-electron chi connectivity index (χ2n) is 5.46. The maximum absolute atomic E-state index is 14.1. The fourth-order valence-corrected chi connectivity index (χ4v) is 3.27. The molecule has 7 heteroatoms. The molecule has 0 bridgehead atoms. The van der Waals surface area contributed by atoms with Gasteiger partial charge in [0.25, 0.3) is 6.43 Å². The minimum Gasteiger partial charge on any atom is -0.399 e. The van der Waals surface area contributed by atoms with E-state index in [4.69, 9.17) is 11.5 Å². The van der Waals surface area contributed by atoms with E-state index in [-0.39, 0.29) is 29.9 Å². The third-order valence-corrected chi connectivity index (χ3v) is 4.33. The van der Waals surface area contributed by atoms with E-state index in [2.05, 4.69) is 4.99 Å². The van der Waals surface area contributed by atoms with Crippen molar-refractivity contribution < 1.29 is 18.3 Å². The Hall–Kier alpha value is -1.76. The van der Waals surface area contributed by atoms with Gasteiger partial charge in [-0.25, -0.2) is 13.2 Å². The van der Waals surface area contributed by atoms with Gasteiger partial charge in [0.15, 0.2) is 5.54 Å². The van der Waals surface area contributed by atoms with E-state index in [0.29, 0.717) is 0 Å². The van der Waals surface area contributed by atoms with Crippen LogP contribution >= 0.6 is 0 Å². The van der Waals surface area contributed by atoms with Crippen LogP contribution in [-0.2, 0) is 5.54 Å². The number of aliphatic hydroxyl groups excluding tert-OH is 1. The van der Waals surface area contributed by atoms with E-state index in [1.54, 1.807) is 0 Å². The lowest BCUT2D eigenvalue weighted by molar-refractivity contribution is -0.00133. The maximum atomic E-state index is 14.1. The number of hydrogen-bond donors (Lipinski definition) is 3. The van der Waals surface area contributed by atoms with E-state index < -0.39 is 29.3 Å². The molecule has 5 N–H and O–H groups in total. The summed E-state index contributed by atoms with van der Waals surface area (Å²) in [6.07, 6.45) is -3.80. The number of anilines is 1. The number of aliphatic imine (C=N–C) groups is 1. The van der Waals surface area contributed by atoms with Gasteiger partial charge < -0.3 is 16.6 Å². The zero-order valence-electron chi connectivity index (χ0n) is 10.5. The van der Waals surface area contributed by atoms with E-state index >= 15 is 0 Å². The van der Waals surface area contributed by atoms with Crippen LogP contribution in [0, 0.1) is 11.2 Å². The number of amidine groups is 1. The summed E-state index contributed by atoms with van der Waals surface area (Å²) in [6, 6.07) is 3.47. The molecule has 1 aromatic rings. The van der Waals surface area contributed by atoms with Gasteiger partial charge in [0.1, 0.15) is 5.82 Å². The molecule has 0 saturated heterocycles. The fourth-order valence-electron chi connectivity index (χ4n) is 3.27. The van der Waals surface area contributed by atoms with E-state index in [9.17, 15) is 18.3 Å². The molecule has 1 spiro atoms. The van der Waals surface area contributed by atoms with Gasteiger partial charge in [-0.1, -0.05) is 0 Å². The van der Waals surface area contributed by atoms with Crippen LogP contribution in [0.15, 0.2) is 23.2 Å². The number of nitrogen functional groups attached to an aromatic ring is 1. The lowest BCUT2D eigenvalue weighted by Gasteiger charge is -2.33. The molecule has 1 aliphatic carbocycles. The van der Waals surface area contributed by atoms with Crippen molar-refractivity contribution in [1.29, 1.82) is 0 Å². The second-order valence-corrected chi connectivity index (χ2v) is 5.46. The molecule has 0 amide bonds. The Kier molecular flexibility index (Phi) is 2.57. The molecule has 3 atom stereocenters. The summed E-state index contributed by atoms with van der Waals surface area (Å²) in [5, 5.41) is 9.82. The van der Waals surface area contributed by atoms with Crippen LogP contribution in [0.1, 0.15) is 18.4 Å². The maximum Gasteiger partial charge on any atom is 0.268 e. The molecule has 0 radical (unpaired) electrons. The minimum absolute atomic E-state index is 0.00340. The third-order valence-electron chi connectivity index (χ3n) is 4.33. The predicted octanol–water partition coefficient (Wildman–Crippen LogP) is 1.38. The summed E-state index contributed by atoms with van der Waals surface area (Å²) in [4.78, 5) is 3.85. The molecule has 4 nitrogen and oxygen atoms in total. The van der Waals surface area contributed by atoms with Crippen molar-refractivity contribution in [3.63, 3.8) is 0 Å². The molecule has 3 rings (SSSR count). The largest absolute Gasteiger partial charge is 0.399 e. The number of halogens is 3. The molecule has 1 heterocycles. The van der Waals surface area contributed by atoms with E-state index in [1.807, 2.05) is 0 Å². The quantitative estimate of drug-likeness (QED) is 0.718. The van der Waals surface area contributed by atoms with E-state index in [1.165, 1.54) is 6.07 Å². The normalized spacial score (nSPS) is 35.6. The van der Waals surface area contributed by atoms with Crippen LogP contribution < -0.4 is 11.5 Å². The highest BCUT2D eigenvalue weighted by molar-refractivity contribution is 5.85. The van der Waals surface area contributed by atoms with Gasteiger partial charge >= 0.3 is 0 Å². The Balaban J connectivity index is 2.26. The molecule has 0 aromatic heterocycles. The Morgan fingerprint density at radius 1 is 1.35 bits per heavy atom. The summed E-state index contributed by atoms with van der Waals surface area (Å²) >= 11 is 0. The molecule has 108 valence electrons. The van der Waals surface area contributed by atoms with Crippen molar-refractivity contribution in [2.45, 2.75) is 30.9 Å². The van der Waals surface area contributed by atoms with Crippen molar-refractivity contribution in [2.75, 3.05) is 5.73 Å². The number of alkyl halides is 2. The predicted molar refractivity (Wildman–Crippen MR) is 67.8 cm³/mol. The fraction of sp³-hybridized carbons (Fsp3) is 0.462. The molecule has 1 saturated carbocycles. The van der Waals surface area contributed by atoms with Gasteiger partial charge in [-0.05, 0) is 24.6 Å². The number of nitrogens with two attached hydrogens (primary N) is 2. The molecular weight excluding hydrogens is 271 g/mol. The van der Waals surface area contributed by atoms with E-state index in [0.717, 1.165) is 12.1 Å². The van der Waals surface area contributed by atoms with Crippen LogP contribution in [0.3, 0.4) is 0 Å². The highest BCUT2D eigenvalue weighted by Crippen LogP contribution is 2.67. The van der Waals surface area contributed by atoms with Gasteiger partial charge in [-0.3, -0.25) is 4.99 Å². The number of rotatable bonds is 2. The molecule has 1 fully saturated rings. The highest BCUT2D eigenvalue weighted by atomic mass is 19.3. The topological polar surface area (TPSA) is 84.6 Å². The van der Waals surface area contributed by atoms with Crippen LogP contribution in [0.25, 0.3) is 0 Å². The zero-order chi connectivity index (χ0) is 14.7. The lowest BCUT2D eigenvalue weighted by atomic mass is 9.75. The number of hydrogen-bond acceptors (Lipinski definition) is 4. The first kappa shape index (κ1) is 13.2. The molecule has 1 aromatic carbocycles. The van der Waals surface area contributed by atoms with Gasteiger partial charge in [0.2, 0.25) is 0 Å². The van der Waals surface area contributed by atoms with Crippen LogP contribution in [0.5, 0.6) is 0 Å². The average molecular weight is 285 g/mol. The van der Waals surface area contributed by atoms with Crippen molar-refractivity contribution in [3.05, 3.63) is 29.6 Å². The summed E-state index contributed by atoms with van der Waals surface area (Å²) in [7, 11) is 0. The average Bonchev–Trinajstić information content (AvgIpc) is 2.88. The molecular formula is C13H14F3N3O. The van der Waals surface area contributed by atoms with Crippen LogP contribution in [0.4, 0.5) is 18.9 Å². The zero-order valence-corrected chi connectivity index (χ0v) is 10.5. The summed E-state index contributed by atoms with van der Waals surface area (Å²) in [5.41, 5.74) is 7.66. The highest BCUT2D eigenvalue weighted by Gasteiger charge is 2.74. The van der Waals surface area contributed by atoms with Gasteiger partial charge in [-0.2, -0.15) is 0 Å². The SMILES string of the molecule is NC1=NC(c2cc(N)ccc2F)(C(F)F)C2(C1)CC2O. The van der Waals surface area contributed by atoms with Gasteiger partial charge in [0, 0.05) is 23.1 Å². The first-order valence-electron chi connectivity index (χ1n) is 6.19. The molecule has 20 heavy (non-hydrogen) atoms. The summed E-state index contributed by atoms with van der Waals surface area (Å²) in [6.45, 7) is 0. The lowest BCUT2D eigenvalue weighted by Crippen LogP contribution is -2.42. The Labute approximate surface area is 113 Å². The minimum atomic E-state index is -2.99. The third kappa shape index (κ3) is 1.44. The smallest absolute Gasteiger partial charge is 0.268 e.